The molecule has 0 aliphatic rings. The maximum atomic E-state index is 12.6. The number of rotatable bonds is 3. The number of aromatic nitrogens is 1. The normalized spacial score (nSPS) is 13.0. The number of carboxylic acid groups (broad SMARTS) is 1. The van der Waals surface area contributed by atoms with E-state index in [1.54, 1.807) is 19.1 Å². The van der Waals surface area contributed by atoms with Crippen LogP contribution in [0.3, 0.4) is 0 Å². The average molecular weight is 311 g/mol. The van der Waals surface area contributed by atoms with Gasteiger partial charge in [-0.25, -0.2) is 4.79 Å². The monoisotopic (exact) mass is 311 g/mol. The third-order valence-corrected chi connectivity index (χ3v) is 3.04. The van der Waals surface area contributed by atoms with Gasteiger partial charge in [-0.05, 0) is 42.3 Å². The molecule has 1 aromatic heterocycles. The van der Waals surface area contributed by atoms with Gasteiger partial charge in [-0.3, -0.25) is 4.98 Å². The molecular weight excluding hydrogens is 299 g/mol. The van der Waals surface area contributed by atoms with E-state index in [1.807, 2.05) is 0 Å². The van der Waals surface area contributed by atoms with Crippen LogP contribution in [0.5, 0.6) is 0 Å². The van der Waals surface area contributed by atoms with Gasteiger partial charge in [-0.1, -0.05) is 6.07 Å². The number of aryl methyl sites for hydroxylation is 1. The van der Waals surface area contributed by atoms with Gasteiger partial charge in [0.1, 0.15) is 0 Å². The summed E-state index contributed by atoms with van der Waals surface area (Å²) in [5, 5.41) is 18.4. The van der Waals surface area contributed by atoms with E-state index in [4.69, 9.17) is 5.11 Å². The molecule has 4 nitrogen and oxygen atoms in total. The highest BCUT2D eigenvalue weighted by Gasteiger charge is 2.39. The quantitative estimate of drug-likeness (QED) is 0.912. The van der Waals surface area contributed by atoms with E-state index in [2.05, 4.69) is 4.98 Å². The minimum atomic E-state index is -4.88. The number of hydrogen-bond donors (Lipinski definition) is 2. The van der Waals surface area contributed by atoms with E-state index in [0.29, 0.717) is 5.69 Å². The van der Waals surface area contributed by atoms with Crippen LogP contribution in [-0.4, -0.2) is 27.3 Å². The lowest BCUT2D eigenvalue weighted by atomic mass is 9.99. The van der Waals surface area contributed by atoms with Gasteiger partial charge in [-0.15, -0.1) is 0 Å². The summed E-state index contributed by atoms with van der Waals surface area (Å²) >= 11 is 0. The van der Waals surface area contributed by atoms with Gasteiger partial charge in [-0.2, -0.15) is 13.2 Å². The Morgan fingerprint density at radius 3 is 2.41 bits per heavy atom. The lowest BCUT2D eigenvalue weighted by Crippen LogP contribution is -2.20. The Morgan fingerprint density at radius 2 is 1.91 bits per heavy atom. The molecule has 116 valence electrons. The molecular formula is C15H12F3NO3. The second-order valence-corrected chi connectivity index (χ2v) is 4.81. The summed E-state index contributed by atoms with van der Waals surface area (Å²) < 4.78 is 37.9. The number of alkyl halides is 3. The second kappa shape index (κ2) is 5.76. The zero-order valence-corrected chi connectivity index (χ0v) is 11.4. The van der Waals surface area contributed by atoms with Gasteiger partial charge in [0.15, 0.2) is 6.10 Å². The lowest BCUT2D eigenvalue weighted by Gasteiger charge is -2.16. The Balaban J connectivity index is 2.57. The fourth-order valence-electron chi connectivity index (χ4n) is 1.91. The smallest absolute Gasteiger partial charge is 0.418 e. The minimum Gasteiger partial charge on any atom is -0.478 e. The molecule has 1 heterocycles. The third-order valence-electron chi connectivity index (χ3n) is 3.04. The van der Waals surface area contributed by atoms with Crippen LogP contribution in [0.25, 0.3) is 11.3 Å². The summed E-state index contributed by atoms with van der Waals surface area (Å²) in [6.45, 7) is 1.79. The molecule has 0 saturated heterocycles. The number of hydrogen-bond acceptors (Lipinski definition) is 3. The van der Waals surface area contributed by atoms with Crippen molar-refractivity contribution in [3.05, 3.63) is 53.2 Å². The highest BCUT2D eigenvalue weighted by Crippen LogP contribution is 2.34. The Hall–Kier alpha value is -2.41. The fraction of sp³-hybridized carbons (Fsp3) is 0.200. The standard InChI is InChI=1S/C15H12F3NO3/c1-8-2-3-12(19-7-8)9-4-10(13(20)15(16,17)18)6-11(5-9)14(21)22/h2-7,13,20H,1H3,(H,21,22). The Kier molecular flexibility index (Phi) is 4.18. The van der Waals surface area contributed by atoms with Crippen LogP contribution < -0.4 is 0 Å². The van der Waals surface area contributed by atoms with Crippen LogP contribution in [0.1, 0.15) is 27.6 Å². The number of aliphatic hydroxyl groups excluding tert-OH is 1. The number of carbonyl (C=O) groups is 1. The van der Waals surface area contributed by atoms with Crippen molar-refractivity contribution in [2.75, 3.05) is 0 Å². The number of aromatic carboxylic acids is 1. The third kappa shape index (κ3) is 3.43. The van der Waals surface area contributed by atoms with Gasteiger partial charge >= 0.3 is 12.1 Å². The first-order chi connectivity index (χ1) is 10.2. The molecule has 22 heavy (non-hydrogen) atoms. The van der Waals surface area contributed by atoms with Crippen molar-refractivity contribution >= 4 is 5.97 Å². The first-order valence-corrected chi connectivity index (χ1v) is 6.24. The lowest BCUT2D eigenvalue weighted by molar-refractivity contribution is -0.206. The van der Waals surface area contributed by atoms with Gasteiger partial charge in [0, 0.05) is 11.8 Å². The minimum absolute atomic E-state index is 0.193. The molecule has 1 atom stereocenters. The summed E-state index contributed by atoms with van der Waals surface area (Å²) in [7, 11) is 0. The molecule has 0 saturated carbocycles. The van der Waals surface area contributed by atoms with Crippen molar-refractivity contribution in [3.63, 3.8) is 0 Å². The van der Waals surface area contributed by atoms with Crippen molar-refractivity contribution in [1.29, 1.82) is 0 Å². The summed E-state index contributed by atoms with van der Waals surface area (Å²) in [5.41, 5.74) is 0.485. The summed E-state index contributed by atoms with van der Waals surface area (Å²) in [5.74, 6) is -1.38. The molecule has 2 N–H and O–H groups in total. The topological polar surface area (TPSA) is 70.4 Å². The zero-order valence-electron chi connectivity index (χ0n) is 11.4. The highest BCUT2D eigenvalue weighted by molar-refractivity contribution is 5.89. The molecule has 0 spiro atoms. The van der Waals surface area contributed by atoms with E-state index in [1.165, 1.54) is 12.3 Å². The molecule has 1 aromatic carbocycles. The van der Waals surface area contributed by atoms with Crippen molar-refractivity contribution in [2.24, 2.45) is 0 Å². The second-order valence-electron chi connectivity index (χ2n) is 4.81. The van der Waals surface area contributed by atoms with E-state index in [-0.39, 0.29) is 11.1 Å². The van der Waals surface area contributed by atoms with E-state index in [0.717, 1.165) is 17.7 Å². The van der Waals surface area contributed by atoms with Gasteiger partial charge in [0.25, 0.3) is 0 Å². The van der Waals surface area contributed by atoms with Crippen LogP contribution in [-0.2, 0) is 0 Å². The molecule has 0 fully saturated rings. The van der Waals surface area contributed by atoms with Gasteiger partial charge in [0.05, 0.1) is 11.3 Å². The van der Waals surface area contributed by atoms with Crippen LogP contribution in [0.4, 0.5) is 13.2 Å². The molecule has 0 aliphatic carbocycles. The summed E-state index contributed by atoms with van der Waals surface area (Å²) in [4.78, 5) is 15.1. The van der Waals surface area contributed by atoms with E-state index >= 15 is 0 Å². The van der Waals surface area contributed by atoms with Crippen LogP contribution in [0.15, 0.2) is 36.5 Å². The van der Waals surface area contributed by atoms with Crippen molar-refractivity contribution in [1.82, 2.24) is 4.98 Å². The predicted molar refractivity (Wildman–Crippen MR) is 72.4 cm³/mol. The molecule has 1 unspecified atom stereocenters. The summed E-state index contributed by atoms with van der Waals surface area (Å²) in [6, 6.07) is 6.38. The molecule has 0 bridgehead atoms. The van der Waals surface area contributed by atoms with Crippen LogP contribution in [0, 0.1) is 6.92 Å². The average Bonchev–Trinajstić information content (AvgIpc) is 2.45. The molecule has 0 radical (unpaired) electrons. The maximum absolute atomic E-state index is 12.6. The molecule has 2 aromatic rings. The van der Waals surface area contributed by atoms with Crippen LogP contribution in [0.2, 0.25) is 0 Å². The maximum Gasteiger partial charge on any atom is 0.418 e. The Morgan fingerprint density at radius 1 is 1.23 bits per heavy atom. The Labute approximate surface area is 123 Å². The van der Waals surface area contributed by atoms with Crippen molar-refractivity contribution in [3.8, 4) is 11.3 Å². The highest BCUT2D eigenvalue weighted by atomic mass is 19.4. The number of nitrogens with zero attached hydrogens (tertiary/aromatic N) is 1. The summed E-state index contributed by atoms with van der Waals surface area (Å²) in [6.07, 6.45) is -6.12. The molecule has 2 rings (SSSR count). The number of carboxylic acids is 1. The Bertz CT molecular complexity index is 696. The number of aliphatic hydroxyl groups is 1. The molecule has 0 amide bonds. The van der Waals surface area contributed by atoms with Gasteiger partial charge < -0.3 is 10.2 Å². The van der Waals surface area contributed by atoms with Crippen molar-refractivity contribution < 1.29 is 28.2 Å². The van der Waals surface area contributed by atoms with Gasteiger partial charge in [0.2, 0.25) is 0 Å². The number of halogens is 3. The van der Waals surface area contributed by atoms with Crippen molar-refractivity contribution in [2.45, 2.75) is 19.2 Å². The number of benzene rings is 1. The SMILES string of the molecule is Cc1ccc(-c2cc(C(=O)O)cc(C(O)C(F)(F)F)c2)nc1. The molecule has 7 heteroatoms. The number of pyridine rings is 1. The first kappa shape index (κ1) is 16.0. The largest absolute Gasteiger partial charge is 0.478 e. The predicted octanol–water partition coefficient (Wildman–Crippen LogP) is 3.35. The fourth-order valence-corrected chi connectivity index (χ4v) is 1.91. The van der Waals surface area contributed by atoms with E-state index in [9.17, 15) is 23.1 Å². The van der Waals surface area contributed by atoms with E-state index < -0.39 is 23.8 Å². The van der Waals surface area contributed by atoms with Crippen LogP contribution >= 0.6 is 0 Å². The first-order valence-electron chi connectivity index (χ1n) is 6.24. The molecule has 0 aliphatic heterocycles. The zero-order chi connectivity index (χ0) is 16.5.